The van der Waals surface area contributed by atoms with Gasteiger partial charge in [0.25, 0.3) is 0 Å². The second-order valence-electron chi connectivity index (χ2n) is 6.97. The van der Waals surface area contributed by atoms with Gasteiger partial charge in [-0.05, 0) is 48.7 Å². The average molecular weight is 440 g/mol. The van der Waals surface area contributed by atoms with Gasteiger partial charge in [0.2, 0.25) is 0 Å². The normalized spacial score (nSPS) is 17.8. The summed E-state index contributed by atoms with van der Waals surface area (Å²) in [6, 6.07) is 16.1. The molecule has 0 aromatic heterocycles. The Hall–Kier alpha value is -1.79. The number of carbonyl (C=O) groups is 1. The van der Waals surface area contributed by atoms with Crippen LogP contribution < -0.4 is 4.74 Å². The number of hydrogen-bond acceptors (Lipinski definition) is 5. The fourth-order valence-electron chi connectivity index (χ4n) is 3.37. The summed E-state index contributed by atoms with van der Waals surface area (Å²) in [7, 11) is 1.35. The van der Waals surface area contributed by atoms with Gasteiger partial charge in [0.1, 0.15) is 5.75 Å². The molecule has 29 heavy (non-hydrogen) atoms. The molecule has 2 unspecified atom stereocenters. The molecule has 0 saturated carbocycles. The molecule has 1 fully saturated rings. The molecule has 0 spiro atoms. The SMILES string of the molecule is COC(=O)COc1ccc(CC(C)N2CCOC(c3cccc(Cl)c3)C2)cc1.Cl. The summed E-state index contributed by atoms with van der Waals surface area (Å²) in [5, 5.41) is 0.737. The minimum absolute atomic E-state index is 0. The zero-order chi connectivity index (χ0) is 19.9. The standard InChI is InChI=1S/C22H26ClNO4.ClH/c1-16(12-17-6-8-20(9-7-17)28-15-22(25)26-2)24-10-11-27-21(14-24)18-4-3-5-19(23)13-18;/h3-9,13,16,21H,10-12,14-15H2,1-2H3;1H. The van der Waals surface area contributed by atoms with Gasteiger partial charge in [-0.15, -0.1) is 12.4 Å². The maximum absolute atomic E-state index is 11.1. The van der Waals surface area contributed by atoms with Crippen molar-refractivity contribution in [2.45, 2.75) is 25.5 Å². The third kappa shape index (κ3) is 6.89. The van der Waals surface area contributed by atoms with Crippen LogP contribution in [-0.2, 0) is 20.7 Å². The monoisotopic (exact) mass is 439 g/mol. The van der Waals surface area contributed by atoms with Crippen molar-refractivity contribution >= 4 is 30.0 Å². The third-order valence-electron chi connectivity index (χ3n) is 4.98. The Bertz CT molecular complexity index is 785. The van der Waals surface area contributed by atoms with Crippen LogP contribution >= 0.6 is 24.0 Å². The topological polar surface area (TPSA) is 48.0 Å². The summed E-state index contributed by atoms with van der Waals surface area (Å²) < 4.78 is 15.9. The number of nitrogens with zero attached hydrogens (tertiary/aromatic N) is 1. The lowest BCUT2D eigenvalue weighted by Gasteiger charge is -2.37. The lowest BCUT2D eigenvalue weighted by Crippen LogP contribution is -2.44. The zero-order valence-electron chi connectivity index (χ0n) is 16.7. The average Bonchev–Trinajstić information content (AvgIpc) is 2.73. The minimum Gasteiger partial charge on any atom is -0.482 e. The second kappa shape index (κ2) is 11.4. The molecule has 7 heteroatoms. The van der Waals surface area contributed by atoms with Crippen LogP contribution in [0.4, 0.5) is 0 Å². The first kappa shape index (κ1) is 23.5. The molecule has 0 bridgehead atoms. The maximum Gasteiger partial charge on any atom is 0.343 e. The molecule has 3 rings (SSSR count). The highest BCUT2D eigenvalue weighted by molar-refractivity contribution is 6.30. The van der Waals surface area contributed by atoms with E-state index < -0.39 is 0 Å². The van der Waals surface area contributed by atoms with Gasteiger partial charge in [0, 0.05) is 24.2 Å². The molecule has 2 aromatic rings. The maximum atomic E-state index is 11.1. The van der Waals surface area contributed by atoms with Crippen molar-refractivity contribution in [2.24, 2.45) is 0 Å². The van der Waals surface area contributed by atoms with Gasteiger partial charge in [-0.1, -0.05) is 35.9 Å². The quantitative estimate of drug-likeness (QED) is 0.601. The highest BCUT2D eigenvalue weighted by Gasteiger charge is 2.25. The van der Waals surface area contributed by atoms with E-state index in [1.165, 1.54) is 12.7 Å². The van der Waals surface area contributed by atoms with Gasteiger partial charge in [-0.25, -0.2) is 4.79 Å². The number of hydrogen-bond donors (Lipinski definition) is 0. The predicted octanol–water partition coefficient (Wildman–Crippen LogP) is 4.32. The van der Waals surface area contributed by atoms with E-state index in [0.717, 1.165) is 30.1 Å². The Morgan fingerprint density at radius 3 is 2.72 bits per heavy atom. The predicted molar refractivity (Wildman–Crippen MR) is 116 cm³/mol. The molecule has 5 nitrogen and oxygen atoms in total. The smallest absolute Gasteiger partial charge is 0.343 e. The number of carbonyl (C=O) groups excluding carboxylic acids is 1. The molecule has 1 heterocycles. The molecule has 0 aliphatic carbocycles. The van der Waals surface area contributed by atoms with E-state index in [4.69, 9.17) is 21.1 Å². The number of rotatable bonds is 7. The molecule has 158 valence electrons. The van der Waals surface area contributed by atoms with Crippen LogP contribution in [0.1, 0.15) is 24.2 Å². The van der Waals surface area contributed by atoms with Crippen molar-refractivity contribution in [3.63, 3.8) is 0 Å². The molecule has 0 radical (unpaired) electrons. The molecule has 2 atom stereocenters. The minimum atomic E-state index is -0.390. The van der Waals surface area contributed by atoms with Crippen LogP contribution in [0.2, 0.25) is 5.02 Å². The summed E-state index contributed by atoms with van der Waals surface area (Å²) in [6.07, 6.45) is 0.975. The van der Waals surface area contributed by atoms with Crippen LogP contribution in [0.3, 0.4) is 0 Å². The molecule has 1 saturated heterocycles. The fourth-order valence-corrected chi connectivity index (χ4v) is 3.57. The number of halogens is 2. The van der Waals surface area contributed by atoms with Crippen LogP contribution in [0.5, 0.6) is 5.75 Å². The highest BCUT2D eigenvalue weighted by Crippen LogP contribution is 2.26. The van der Waals surface area contributed by atoms with E-state index >= 15 is 0 Å². The van der Waals surface area contributed by atoms with Crippen molar-refractivity contribution in [3.05, 3.63) is 64.7 Å². The van der Waals surface area contributed by atoms with Crippen LogP contribution in [0.25, 0.3) is 0 Å². The summed E-state index contributed by atoms with van der Waals surface area (Å²) >= 11 is 6.13. The molecule has 2 aromatic carbocycles. The second-order valence-corrected chi connectivity index (χ2v) is 7.41. The Morgan fingerprint density at radius 1 is 1.28 bits per heavy atom. The molecule has 0 amide bonds. The lowest BCUT2D eigenvalue weighted by atomic mass is 10.0. The number of esters is 1. The van der Waals surface area contributed by atoms with Gasteiger partial charge in [-0.2, -0.15) is 0 Å². The summed E-state index contributed by atoms with van der Waals surface area (Å²) in [5.41, 5.74) is 2.35. The van der Waals surface area contributed by atoms with Crippen molar-refractivity contribution in [1.29, 1.82) is 0 Å². The van der Waals surface area contributed by atoms with Crippen LogP contribution in [-0.4, -0.2) is 50.3 Å². The Kier molecular flexibility index (Phi) is 9.24. The van der Waals surface area contributed by atoms with E-state index in [0.29, 0.717) is 18.4 Å². The van der Waals surface area contributed by atoms with Crippen molar-refractivity contribution in [1.82, 2.24) is 4.90 Å². The Labute approximate surface area is 183 Å². The number of benzene rings is 2. The highest BCUT2D eigenvalue weighted by atomic mass is 35.5. The van der Waals surface area contributed by atoms with E-state index in [9.17, 15) is 4.79 Å². The van der Waals surface area contributed by atoms with Gasteiger partial charge in [-0.3, -0.25) is 4.90 Å². The first-order chi connectivity index (χ1) is 13.5. The van der Waals surface area contributed by atoms with Crippen molar-refractivity contribution < 1.29 is 19.0 Å². The van der Waals surface area contributed by atoms with E-state index in [-0.39, 0.29) is 31.1 Å². The Balaban J connectivity index is 0.00000300. The van der Waals surface area contributed by atoms with Gasteiger partial charge < -0.3 is 14.2 Å². The molecule has 1 aliphatic heterocycles. The molecular formula is C22H27Cl2NO4. The number of methoxy groups -OCH3 is 1. The summed E-state index contributed by atoms with van der Waals surface area (Å²) in [6.45, 7) is 4.63. The lowest BCUT2D eigenvalue weighted by molar-refractivity contribution is -0.142. The molecule has 1 aliphatic rings. The summed E-state index contributed by atoms with van der Waals surface area (Å²) in [5.74, 6) is 0.272. The zero-order valence-corrected chi connectivity index (χ0v) is 18.2. The van der Waals surface area contributed by atoms with Crippen LogP contribution in [0.15, 0.2) is 48.5 Å². The molecular weight excluding hydrogens is 413 g/mol. The van der Waals surface area contributed by atoms with Gasteiger partial charge >= 0.3 is 5.97 Å². The van der Waals surface area contributed by atoms with Gasteiger partial charge in [0.15, 0.2) is 6.61 Å². The third-order valence-corrected chi connectivity index (χ3v) is 5.22. The summed E-state index contributed by atoms with van der Waals surface area (Å²) in [4.78, 5) is 13.6. The van der Waals surface area contributed by atoms with Crippen molar-refractivity contribution in [3.8, 4) is 5.75 Å². The van der Waals surface area contributed by atoms with Crippen LogP contribution in [0, 0.1) is 0 Å². The van der Waals surface area contributed by atoms with Crippen molar-refractivity contribution in [2.75, 3.05) is 33.4 Å². The fraction of sp³-hybridized carbons (Fsp3) is 0.409. The van der Waals surface area contributed by atoms with Gasteiger partial charge in [0.05, 0.1) is 19.8 Å². The number of morpholine rings is 1. The largest absolute Gasteiger partial charge is 0.482 e. The first-order valence-corrected chi connectivity index (χ1v) is 9.82. The number of ether oxygens (including phenoxy) is 3. The van der Waals surface area contributed by atoms with E-state index in [1.54, 1.807) is 0 Å². The van der Waals surface area contributed by atoms with E-state index in [1.807, 2.05) is 42.5 Å². The van der Waals surface area contributed by atoms with E-state index in [2.05, 4.69) is 22.6 Å². The molecule has 0 N–H and O–H groups in total. The first-order valence-electron chi connectivity index (χ1n) is 9.45. The Morgan fingerprint density at radius 2 is 2.03 bits per heavy atom.